The van der Waals surface area contributed by atoms with E-state index in [2.05, 4.69) is 17.4 Å². The molecule has 1 aliphatic rings. The van der Waals surface area contributed by atoms with Crippen molar-refractivity contribution in [2.75, 3.05) is 40.2 Å². The third kappa shape index (κ3) is 6.68. The second-order valence-corrected chi connectivity index (χ2v) is 10.8. The highest BCUT2D eigenvalue weighted by Gasteiger charge is 2.30. The van der Waals surface area contributed by atoms with Crippen molar-refractivity contribution < 1.29 is 28.5 Å². The van der Waals surface area contributed by atoms with Gasteiger partial charge in [-0.3, -0.25) is 4.79 Å². The number of rotatable bonds is 13. The summed E-state index contributed by atoms with van der Waals surface area (Å²) < 4.78 is 29.5. The average molecular weight is 621 g/mol. The number of benzene rings is 4. The molecule has 236 valence electrons. The molecule has 0 saturated heterocycles. The van der Waals surface area contributed by atoms with Crippen LogP contribution in [0.5, 0.6) is 17.2 Å². The minimum absolute atomic E-state index is 0.0164. The van der Waals surface area contributed by atoms with Gasteiger partial charge >= 0.3 is 0 Å². The van der Waals surface area contributed by atoms with Crippen LogP contribution in [0.2, 0.25) is 0 Å². The summed E-state index contributed by atoms with van der Waals surface area (Å²) >= 11 is 0. The molecule has 6 rings (SSSR count). The Morgan fingerprint density at radius 1 is 0.804 bits per heavy atom. The van der Waals surface area contributed by atoms with Crippen molar-refractivity contribution in [1.82, 2.24) is 14.7 Å². The highest BCUT2D eigenvalue weighted by atomic mass is 16.7. The molecule has 46 heavy (non-hydrogen) atoms. The van der Waals surface area contributed by atoms with Crippen LogP contribution in [0.25, 0.3) is 11.1 Å². The third-order valence-corrected chi connectivity index (χ3v) is 7.76. The summed E-state index contributed by atoms with van der Waals surface area (Å²) in [5, 5.41) is 8.35. The van der Waals surface area contributed by atoms with Crippen LogP contribution in [-0.4, -0.2) is 55.5 Å². The van der Waals surface area contributed by atoms with Gasteiger partial charge in [0, 0.05) is 45.0 Å². The van der Waals surface area contributed by atoms with Gasteiger partial charge < -0.3 is 33.9 Å². The zero-order chi connectivity index (χ0) is 31.9. The Hall–Kier alpha value is -5.32. The molecular weight excluding hydrogens is 584 g/mol. The first-order valence-corrected chi connectivity index (χ1v) is 14.9. The van der Waals surface area contributed by atoms with E-state index in [9.17, 15) is 4.79 Å². The molecule has 0 unspecified atom stereocenters. The number of fused-ring (bicyclic) bond motifs is 1. The summed E-state index contributed by atoms with van der Waals surface area (Å²) in [6, 6.07) is 29.4. The summed E-state index contributed by atoms with van der Waals surface area (Å²) in [5.74, 6) is 2.06. The lowest BCUT2D eigenvalue weighted by molar-refractivity contribution is 0.0450. The van der Waals surface area contributed by atoms with E-state index in [0.29, 0.717) is 48.2 Å². The van der Waals surface area contributed by atoms with Gasteiger partial charge in [-0.25, -0.2) is 4.68 Å². The number of nitrogens with one attached hydrogen (secondary N) is 1. The Kier molecular flexibility index (Phi) is 9.47. The number of aromatic nitrogens is 2. The minimum Gasteiger partial charge on any atom is -0.497 e. The molecular formula is C36H36N4O6. The van der Waals surface area contributed by atoms with E-state index in [1.54, 1.807) is 26.4 Å². The molecule has 10 nitrogen and oxygen atoms in total. The Morgan fingerprint density at radius 2 is 1.48 bits per heavy atom. The predicted octanol–water partition coefficient (Wildman–Crippen LogP) is 6.47. The van der Waals surface area contributed by atoms with Gasteiger partial charge in [-0.2, -0.15) is 5.10 Å². The number of nitrogens with zero attached hydrogens (tertiary/aromatic N) is 3. The first kappa shape index (κ1) is 30.7. The van der Waals surface area contributed by atoms with E-state index in [4.69, 9.17) is 28.8 Å². The van der Waals surface area contributed by atoms with Crippen molar-refractivity contribution in [3.63, 3.8) is 0 Å². The first-order valence-electron chi connectivity index (χ1n) is 14.9. The highest BCUT2D eigenvalue weighted by Crippen LogP contribution is 2.39. The second kappa shape index (κ2) is 14.2. The van der Waals surface area contributed by atoms with E-state index in [1.165, 1.54) is 7.11 Å². The number of ether oxygens (including phenoxy) is 5. The number of hydrogen-bond acceptors (Lipinski definition) is 8. The minimum atomic E-state index is -0.189. The third-order valence-electron chi connectivity index (χ3n) is 7.76. The Bertz CT molecular complexity index is 1760. The molecule has 10 heteroatoms. The molecule has 2 heterocycles. The molecule has 0 aliphatic carbocycles. The maximum atomic E-state index is 14.4. The van der Waals surface area contributed by atoms with Crippen molar-refractivity contribution in [2.45, 2.75) is 19.6 Å². The fourth-order valence-electron chi connectivity index (χ4n) is 5.49. The fourth-order valence-corrected chi connectivity index (χ4v) is 5.49. The van der Waals surface area contributed by atoms with Gasteiger partial charge in [-0.1, -0.05) is 66.7 Å². The molecule has 1 amide bonds. The monoisotopic (exact) mass is 620 g/mol. The molecule has 0 fully saturated rings. The van der Waals surface area contributed by atoms with E-state index < -0.39 is 0 Å². The zero-order valence-corrected chi connectivity index (χ0v) is 26.1. The lowest BCUT2D eigenvalue weighted by Gasteiger charge is -2.23. The summed E-state index contributed by atoms with van der Waals surface area (Å²) in [4.78, 5) is 16.2. The van der Waals surface area contributed by atoms with Crippen LogP contribution in [0, 0.1) is 0 Å². The largest absolute Gasteiger partial charge is 0.497 e. The van der Waals surface area contributed by atoms with E-state index in [-0.39, 0.29) is 19.5 Å². The van der Waals surface area contributed by atoms with Gasteiger partial charge in [-0.05, 0) is 34.4 Å². The molecule has 1 aromatic heterocycles. The molecule has 4 aromatic carbocycles. The number of amides is 1. The quantitative estimate of drug-likeness (QED) is 0.150. The van der Waals surface area contributed by atoms with Crippen LogP contribution in [-0.2, 0) is 29.1 Å². The Labute approximate surface area is 268 Å². The van der Waals surface area contributed by atoms with E-state index in [0.717, 1.165) is 33.6 Å². The van der Waals surface area contributed by atoms with Crippen LogP contribution in [0.3, 0.4) is 0 Å². The lowest BCUT2D eigenvalue weighted by Crippen LogP contribution is -2.27. The van der Waals surface area contributed by atoms with Crippen molar-refractivity contribution >= 4 is 17.4 Å². The smallest absolute Gasteiger partial charge is 0.260 e. The molecule has 1 aliphatic heterocycles. The van der Waals surface area contributed by atoms with Crippen molar-refractivity contribution in [2.24, 2.45) is 0 Å². The van der Waals surface area contributed by atoms with Gasteiger partial charge in [0.1, 0.15) is 28.6 Å². The van der Waals surface area contributed by atoms with Gasteiger partial charge in [-0.15, -0.1) is 0 Å². The first-order chi connectivity index (χ1) is 22.6. The number of anilines is 2. The van der Waals surface area contributed by atoms with Crippen LogP contribution in [0.15, 0.2) is 97.2 Å². The van der Waals surface area contributed by atoms with Crippen LogP contribution < -0.4 is 19.5 Å². The highest BCUT2D eigenvalue weighted by molar-refractivity contribution is 6.04. The Balaban J connectivity index is 1.46. The van der Waals surface area contributed by atoms with Gasteiger partial charge in [0.15, 0.2) is 13.6 Å². The predicted molar refractivity (Wildman–Crippen MR) is 175 cm³/mol. The SMILES string of the molecule is COCOc1cc(Nc2c(-c3ccccc3)cnn2Cc2ccc(OC)cc2)c(C(=O)N2Cc3ccccc3C2)c(OCOC)c1. The van der Waals surface area contributed by atoms with Crippen LogP contribution in [0.4, 0.5) is 11.5 Å². The molecule has 0 radical (unpaired) electrons. The summed E-state index contributed by atoms with van der Waals surface area (Å²) in [6.07, 6.45) is 1.83. The lowest BCUT2D eigenvalue weighted by atomic mass is 10.1. The van der Waals surface area contributed by atoms with Gasteiger partial charge in [0.25, 0.3) is 5.91 Å². The van der Waals surface area contributed by atoms with Crippen molar-refractivity contribution in [3.05, 3.63) is 119 Å². The zero-order valence-electron chi connectivity index (χ0n) is 26.1. The van der Waals surface area contributed by atoms with Crippen LogP contribution >= 0.6 is 0 Å². The molecule has 0 spiro atoms. The summed E-state index contributed by atoms with van der Waals surface area (Å²) in [7, 11) is 4.73. The molecule has 0 bridgehead atoms. The van der Waals surface area contributed by atoms with Gasteiger partial charge in [0.05, 0.1) is 25.5 Å². The van der Waals surface area contributed by atoms with Gasteiger partial charge in [0.2, 0.25) is 0 Å². The summed E-state index contributed by atoms with van der Waals surface area (Å²) in [6.45, 7) is 1.41. The standard InChI is InChI=1S/C36H36N4O6/c1-42-23-45-30-17-32(34(33(18-30)46-24-43-2)36(41)39-21-27-11-7-8-12-28(27)22-39)38-35-31(26-9-5-4-6-10-26)19-37-40(35)20-25-13-15-29(44-3)16-14-25/h4-19,38H,20-24H2,1-3H3. The number of methoxy groups -OCH3 is 3. The van der Waals surface area contributed by atoms with Crippen molar-refractivity contribution in [3.8, 4) is 28.4 Å². The molecule has 0 saturated carbocycles. The molecule has 5 aromatic rings. The average Bonchev–Trinajstić information content (AvgIpc) is 3.71. The number of hydrogen-bond donors (Lipinski definition) is 1. The Morgan fingerprint density at radius 3 is 2.15 bits per heavy atom. The number of carbonyl (C=O) groups excluding carboxylic acids is 1. The molecule has 0 atom stereocenters. The van der Waals surface area contributed by atoms with E-state index in [1.807, 2.05) is 82.5 Å². The number of carbonyl (C=O) groups is 1. The molecule has 1 N–H and O–H groups in total. The summed E-state index contributed by atoms with van der Waals surface area (Å²) in [5.41, 5.74) is 5.95. The maximum Gasteiger partial charge on any atom is 0.260 e. The van der Waals surface area contributed by atoms with E-state index >= 15 is 0 Å². The topological polar surface area (TPSA) is 96.3 Å². The normalized spacial score (nSPS) is 12.1. The fraction of sp³-hybridized carbons (Fsp3) is 0.222. The van der Waals surface area contributed by atoms with Crippen LogP contribution in [0.1, 0.15) is 27.0 Å². The maximum absolute atomic E-state index is 14.4. The second-order valence-electron chi connectivity index (χ2n) is 10.8. The van der Waals surface area contributed by atoms with Crippen molar-refractivity contribution in [1.29, 1.82) is 0 Å².